The van der Waals surface area contributed by atoms with E-state index in [9.17, 15) is 18.7 Å². The predicted molar refractivity (Wildman–Crippen MR) is 81.9 cm³/mol. The van der Waals surface area contributed by atoms with Crippen LogP contribution in [0.2, 0.25) is 5.15 Å². The molecule has 1 saturated carbocycles. The van der Waals surface area contributed by atoms with E-state index in [1.807, 2.05) is 0 Å². The normalized spacial score (nSPS) is 27.0. The highest BCUT2D eigenvalue weighted by atomic mass is 35.5. The Bertz CT molecular complexity index is 647. The average Bonchev–Trinajstić information content (AvgIpc) is 2.73. The van der Waals surface area contributed by atoms with Gasteiger partial charge in [0.1, 0.15) is 16.8 Å². The van der Waals surface area contributed by atoms with Gasteiger partial charge in [-0.25, -0.2) is 18.7 Å². The summed E-state index contributed by atoms with van der Waals surface area (Å²) in [4.78, 5) is 21.8. The van der Waals surface area contributed by atoms with Crippen molar-refractivity contribution in [3.63, 3.8) is 0 Å². The molecule has 2 aliphatic rings. The molecule has 1 fully saturated rings. The molecule has 0 unspecified atom stereocenters. The minimum absolute atomic E-state index is 0.0294. The standard InChI is InChI=1S/C14H16ClF2N3O2S/c1-23-13-18-7-6-20(12(22)9(7)11(15)19-13)10-8(21)4-2-3-5-14(10,16)17/h8,10,21H,2-6H2,1H3/t8-,10-/m0/s1. The number of fused-ring (bicyclic) bond motifs is 1. The molecular weight excluding hydrogens is 348 g/mol. The Kier molecular flexibility index (Phi) is 4.50. The largest absolute Gasteiger partial charge is 0.391 e. The van der Waals surface area contributed by atoms with Crippen molar-refractivity contribution in [2.45, 2.75) is 55.5 Å². The molecule has 1 N–H and O–H groups in total. The molecule has 1 aromatic rings. The number of aliphatic hydroxyl groups excluding tert-OH is 1. The van der Waals surface area contributed by atoms with Crippen molar-refractivity contribution >= 4 is 29.3 Å². The summed E-state index contributed by atoms with van der Waals surface area (Å²) in [6.07, 6.45) is 1.24. The third kappa shape index (κ3) is 2.92. The Labute approximate surface area is 141 Å². The maximum absolute atomic E-state index is 14.4. The van der Waals surface area contributed by atoms with Crippen LogP contribution >= 0.6 is 23.4 Å². The summed E-state index contributed by atoms with van der Waals surface area (Å²) in [7, 11) is 0. The fourth-order valence-corrected chi connectivity index (χ4v) is 3.92. The molecule has 23 heavy (non-hydrogen) atoms. The van der Waals surface area contributed by atoms with Crippen LogP contribution < -0.4 is 0 Å². The summed E-state index contributed by atoms with van der Waals surface area (Å²) < 4.78 is 28.9. The number of alkyl halides is 2. The molecule has 2 heterocycles. The SMILES string of the molecule is CSc1nc(Cl)c2c(n1)CN([C@H]1[C@@H](O)CCCCC1(F)F)C2=O. The van der Waals surface area contributed by atoms with Crippen LogP contribution in [0.25, 0.3) is 0 Å². The van der Waals surface area contributed by atoms with Crippen molar-refractivity contribution in [1.82, 2.24) is 14.9 Å². The molecule has 3 rings (SSSR count). The lowest BCUT2D eigenvalue weighted by molar-refractivity contribution is -0.112. The highest BCUT2D eigenvalue weighted by Crippen LogP contribution is 2.40. The summed E-state index contributed by atoms with van der Waals surface area (Å²) in [6.45, 7) is -0.0821. The lowest BCUT2D eigenvalue weighted by Crippen LogP contribution is -2.53. The number of nitrogens with zero attached hydrogens (tertiary/aromatic N) is 3. The first-order chi connectivity index (χ1) is 10.8. The summed E-state index contributed by atoms with van der Waals surface area (Å²) in [5, 5.41) is 10.5. The summed E-state index contributed by atoms with van der Waals surface area (Å²) in [5.41, 5.74) is 0.406. The highest BCUT2D eigenvalue weighted by molar-refractivity contribution is 7.98. The van der Waals surface area contributed by atoms with Crippen LogP contribution in [0.1, 0.15) is 41.7 Å². The summed E-state index contributed by atoms with van der Waals surface area (Å²) in [5.74, 6) is -3.78. The molecule has 0 radical (unpaired) electrons. The van der Waals surface area contributed by atoms with Crippen molar-refractivity contribution in [3.8, 4) is 0 Å². The molecule has 1 aliphatic heterocycles. The van der Waals surface area contributed by atoms with Gasteiger partial charge in [0, 0.05) is 6.42 Å². The molecular formula is C14H16ClF2N3O2S. The van der Waals surface area contributed by atoms with Gasteiger partial charge in [0.15, 0.2) is 5.16 Å². The molecule has 1 aromatic heterocycles. The quantitative estimate of drug-likeness (QED) is 0.379. The second kappa shape index (κ2) is 6.14. The van der Waals surface area contributed by atoms with Crippen LogP contribution in [0.5, 0.6) is 0 Å². The third-order valence-electron chi connectivity index (χ3n) is 4.29. The Balaban J connectivity index is 1.98. The van der Waals surface area contributed by atoms with Gasteiger partial charge in [-0.15, -0.1) is 0 Å². The summed E-state index contributed by atoms with van der Waals surface area (Å²) in [6, 6.07) is -1.56. The summed E-state index contributed by atoms with van der Waals surface area (Å²) >= 11 is 7.29. The Morgan fingerprint density at radius 1 is 1.39 bits per heavy atom. The van der Waals surface area contributed by atoms with Gasteiger partial charge in [-0.05, 0) is 19.1 Å². The van der Waals surface area contributed by atoms with Crippen molar-refractivity contribution in [3.05, 3.63) is 16.4 Å². The number of hydrogen-bond acceptors (Lipinski definition) is 5. The van der Waals surface area contributed by atoms with Crippen LogP contribution in [0.4, 0.5) is 8.78 Å². The minimum Gasteiger partial charge on any atom is -0.391 e. The first kappa shape index (κ1) is 16.9. The van der Waals surface area contributed by atoms with Gasteiger partial charge < -0.3 is 10.0 Å². The lowest BCUT2D eigenvalue weighted by atomic mass is 10.0. The van der Waals surface area contributed by atoms with Gasteiger partial charge in [-0.2, -0.15) is 0 Å². The van der Waals surface area contributed by atoms with Gasteiger partial charge in [0.25, 0.3) is 11.8 Å². The molecule has 0 saturated heterocycles. The number of rotatable bonds is 2. The van der Waals surface area contributed by atoms with Crippen LogP contribution in [-0.4, -0.2) is 50.2 Å². The molecule has 2 atom stereocenters. The van der Waals surface area contributed by atoms with Crippen LogP contribution in [0, 0.1) is 0 Å². The molecule has 1 amide bonds. The predicted octanol–water partition coefficient (Wildman–Crippen LogP) is 2.75. The third-order valence-corrected chi connectivity index (χ3v) is 5.11. The molecule has 126 valence electrons. The first-order valence-electron chi connectivity index (χ1n) is 7.32. The van der Waals surface area contributed by atoms with E-state index in [4.69, 9.17) is 11.6 Å². The van der Waals surface area contributed by atoms with E-state index >= 15 is 0 Å². The molecule has 0 aromatic carbocycles. The smallest absolute Gasteiger partial charge is 0.270 e. The fraction of sp³-hybridized carbons (Fsp3) is 0.643. The number of hydrogen-bond donors (Lipinski definition) is 1. The number of halogens is 3. The van der Waals surface area contributed by atoms with Crippen molar-refractivity contribution in [2.75, 3.05) is 6.26 Å². The Hall–Kier alpha value is -0.990. The van der Waals surface area contributed by atoms with E-state index in [1.54, 1.807) is 6.26 Å². The van der Waals surface area contributed by atoms with E-state index < -0.39 is 24.0 Å². The lowest BCUT2D eigenvalue weighted by Gasteiger charge is -2.35. The first-order valence-corrected chi connectivity index (χ1v) is 8.92. The number of amides is 1. The van der Waals surface area contributed by atoms with Gasteiger partial charge >= 0.3 is 0 Å². The number of aromatic nitrogens is 2. The van der Waals surface area contributed by atoms with E-state index in [1.165, 1.54) is 11.8 Å². The Morgan fingerprint density at radius 2 is 2.13 bits per heavy atom. The second-order valence-electron chi connectivity index (χ2n) is 5.77. The van der Waals surface area contributed by atoms with E-state index in [0.717, 1.165) is 4.90 Å². The maximum Gasteiger partial charge on any atom is 0.270 e. The zero-order chi connectivity index (χ0) is 16.8. The number of thioether (sulfide) groups is 1. The average molecular weight is 364 g/mol. The molecule has 0 bridgehead atoms. The maximum atomic E-state index is 14.4. The van der Waals surface area contributed by atoms with Crippen molar-refractivity contribution in [1.29, 1.82) is 0 Å². The van der Waals surface area contributed by atoms with E-state index in [2.05, 4.69) is 9.97 Å². The van der Waals surface area contributed by atoms with Crippen LogP contribution in [-0.2, 0) is 6.54 Å². The zero-order valence-corrected chi connectivity index (χ0v) is 14.0. The minimum atomic E-state index is -3.14. The van der Waals surface area contributed by atoms with Gasteiger partial charge in [0.05, 0.1) is 18.3 Å². The molecule has 0 spiro atoms. The van der Waals surface area contributed by atoms with Gasteiger partial charge in [0.2, 0.25) is 0 Å². The number of carbonyl (C=O) groups is 1. The van der Waals surface area contributed by atoms with Gasteiger partial charge in [-0.1, -0.05) is 29.8 Å². The Morgan fingerprint density at radius 3 is 2.83 bits per heavy atom. The van der Waals surface area contributed by atoms with E-state index in [-0.39, 0.29) is 30.1 Å². The molecule has 1 aliphatic carbocycles. The highest BCUT2D eigenvalue weighted by Gasteiger charge is 2.52. The van der Waals surface area contributed by atoms with Gasteiger partial charge in [-0.3, -0.25) is 4.79 Å². The van der Waals surface area contributed by atoms with Crippen molar-refractivity contribution < 1.29 is 18.7 Å². The van der Waals surface area contributed by atoms with Crippen molar-refractivity contribution in [2.24, 2.45) is 0 Å². The van der Waals surface area contributed by atoms with Crippen LogP contribution in [0.15, 0.2) is 5.16 Å². The number of aliphatic hydroxyl groups is 1. The van der Waals surface area contributed by atoms with Crippen LogP contribution in [0.3, 0.4) is 0 Å². The molecule has 9 heteroatoms. The fourth-order valence-electron chi connectivity index (χ4n) is 3.21. The monoisotopic (exact) mass is 363 g/mol. The van der Waals surface area contributed by atoms with E-state index in [0.29, 0.717) is 23.7 Å². The number of carbonyl (C=O) groups excluding carboxylic acids is 1. The zero-order valence-electron chi connectivity index (χ0n) is 12.4. The second-order valence-corrected chi connectivity index (χ2v) is 6.91. The topological polar surface area (TPSA) is 66.3 Å². The molecule has 5 nitrogen and oxygen atoms in total.